The van der Waals surface area contributed by atoms with Gasteiger partial charge >= 0.3 is 0 Å². The molecule has 2 atom stereocenters. The van der Waals surface area contributed by atoms with Crippen LogP contribution in [0.4, 0.5) is 0 Å². The lowest BCUT2D eigenvalue weighted by Crippen LogP contribution is -2.54. The summed E-state index contributed by atoms with van der Waals surface area (Å²) in [6.45, 7) is 10.1. The summed E-state index contributed by atoms with van der Waals surface area (Å²) in [4.78, 5) is 0. The van der Waals surface area contributed by atoms with Crippen molar-refractivity contribution in [2.75, 3.05) is 6.54 Å². The van der Waals surface area contributed by atoms with Crippen molar-refractivity contribution in [3.8, 4) is 0 Å². The molecule has 0 aromatic heterocycles. The molecule has 124 valence electrons. The Hall–Kier alpha value is -0.0800. The van der Waals surface area contributed by atoms with Crippen LogP contribution >= 0.6 is 0 Å². The number of rotatable bonds is 2. The van der Waals surface area contributed by atoms with Crippen LogP contribution in [-0.2, 0) is 0 Å². The van der Waals surface area contributed by atoms with Gasteiger partial charge in [0.05, 0.1) is 5.60 Å². The van der Waals surface area contributed by atoms with Crippen LogP contribution in [0.3, 0.4) is 0 Å². The van der Waals surface area contributed by atoms with E-state index in [1.807, 2.05) is 0 Å². The van der Waals surface area contributed by atoms with E-state index in [0.29, 0.717) is 12.0 Å². The van der Waals surface area contributed by atoms with Crippen molar-refractivity contribution < 1.29 is 5.11 Å². The van der Waals surface area contributed by atoms with Gasteiger partial charge in [-0.05, 0) is 62.2 Å². The highest BCUT2D eigenvalue weighted by Gasteiger charge is 2.51. The van der Waals surface area contributed by atoms with Gasteiger partial charge in [-0.3, -0.25) is 0 Å². The quantitative estimate of drug-likeness (QED) is 0.737. The minimum atomic E-state index is -0.505. The molecule has 2 aliphatic carbocycles. The standard InChI is InChI=1S/C19H37NO/c1-15-6-5-10-19(21,13-7-15)18(14-20)11-8-16(9-12-18)17(2,3)4/h15-16,21H,5-14,20H2,1-4H3. The predicted molar refractivity (Wildman–Crippen MR) is 90.1 cm³/mol. The molecular formula is C19H37NO. The number of hydrogen-bond donors (Lipinski definition) is 2. The fourth-order valence-electron chi connectivity index (χ4n) is 4.92. The third-order valence-corrected chi connectivity index (χ3v) is 6.88. The van der Waals surface area contributed by atoms with Crippen molar-refractivity contribution in [2.24, 2.45) is 28.4 Å². The summed E-state index contributed by atoms with van der Waals surface area (Å²) >= 11 is 0. The second-order valence-electron chi connectivity index (χ2n) is 9.19. The Bertz CT molecular complexity index is 338. The molecule has 0 amide bonds. The fraction of sp³-hybridized carbons (Fsp3) is 1.00. The minimum Gasteiger partial charge on any atom is -0.389 e. The van der Waals surface area contributed by atoms with Gasteiger partial charge in [0.2, 0.25) is 0 Å². The molecule has 0 spiro atoms. The van der Waals surface area contributed by atoms with Crippen molar-refractivity contribution in [2.45, 2.75) is 91.1 Å². The van der Waals surface area contributed by atoms with Crippen LogP contribution in [0, 0.1) is 22.7 Å². The smallest absolute Gasteiger partial charge is 0.0715 e. The van der Waals surface area contributed by atoms with Gasteiger partial charge in [-0.25, -0.2) is 0 Å². The van der Waals surface area contributed by atoms with Crippen molar-refractivity contribution in [3.05, 3.63) is 0 Å². The van der Waals surface area contributed by atoms with E-state index in [2.05, 4.69) is 27.7 Å². The highest BCUT2D eigenvalue weighted by molar-refractivity contribution is 5.03. The number of hydrogen-bond acceptors (Lipinski definition) is 2. The molecule has 2 unspecified atom stereocenters. The van der Waals surface area contributed by atoms with Gasteiger partial charge in [0, 0.05) is 12.0 Å². The Morgan fingerprint density at radius 2 is 1.62 bits per heavy atom. The molecule has 2 aliphatic rings. The monoisotopic (exact) mass is 295 g/mol. The van der Waals surface area contributed by atoms with Crippen LogP contribution in [0.25, 0.3) is 0 Å². The molecule has 2 nitrogen and oxygen atoms in total. The molecule has 3 N–H and O–H groups in total. The third-order valence-electron chi connectivity index (χ3n) is 6.88. The van der Waals surface area contributed by atoms with E-state index in [4.69, 9.17) is 5.73 Å². The molecule has 0 saturated heterocycles. The van der Waals surface area contributed by atoms with Crippen molar-refractivity contribution in [1.82, 2.24) is 0 Å². The molecule has 0 radical (unpaired) electrons. The molecule has 0 heterocycles. The van der Waals surface area contributed by atoms with Crippen LogP contribution in [0.1, 0.15) is 85.5 Å². The topological polar surface area (TPSA) is 46.2 Å². The maximum Gasteiger partial charge on any atom is 0.0715 e. The molecule has 0 aliphatic heterocycles. The highest BCUT2D eigenvalue weighted by atomic mass is 16.3. The normalized spacial score (nSPS) is 42.6. The van der Waals surface area contributed by atoms with Crippen LogP contribution < -0.4 is 5.73 Å². The summed E-state index contributed by atoms with van der Waals surface area (Å²) in [5, 5.41) is 11.5. The highest BCUT2D eigenvalue weighted by Crippen LogP contribution is 2.53. The van der Waals surface area contributed by atoms with E-state index in [9.17, 15) is 5.11 Å². The SMILES string of the molecule is CC1CCCC(O)(C2(CN)CCC(C(C)(C)C)CC2)CC1. The minimum absolute atomic E-state index is 0.0151. The molecule has 0 bridgehead atoms. The first-order valence-electron chi connectivity index (χ1n) is 9.15. The Morgan fingerprint density at radius 1 is 1.00 bits per heavy atom. The van der Waals surface area contributed by atoms with E-state index in [1.165, 1.54) is 32.1 Å². The largest absolute Gasteiger partial charge is 0.389 e. The third kappa shape index (κ3) is 3.47. The summed E-state index contributed by atoms with van der Waals surface area (Å²) < 4.78 is 0. The molecule has 0 aromatic rings. The van der Waals surface area contributed by atoms with Gasteiger partial charge < -0.3 is 10.8 Å². The number of aliphatic hydroxyl groups is 1. The summed E-state index contributed by atoms with van der Waals surface area (Å²) in [6.07, 6.45) is 10.3. The van der Waals surface area contributed by atoms with Gasteiger partial charge in [0.1, 0.15) is 0 Å². The van der Waals surface area contributed by atoms with Gasteiger partial charge in [0.25, 0.3) is 0 Å². The zero-order valence-corrected chi connectivity index (χ0v) is 14.8. The predicted octanol–water partition coefficient (Wildman–Crippen LogP) is 4.50. The fourth-order valence-corrected chi connectivity index (χ4v) is 4.92. The maximum absolute atomic E-state index is 11.5. The Kier molecular flexibility index (Phi) is 5.10. The molecule has 2 fully saturated rings. The van der Waals surface area contributed by atoms with E-state index >= 15 is 0 Å². The first-order chi connectivity index (χ1) is 9.72. The Labute approximate surface area is 131 Å². The summed E-state index contributed by atoms with van der Waals surface area (Å²) in [5.41, 5.74) is 6.11. The first kappa shape index (κ1) is 17.3. The molecule has 21 heavy (non-hydrogen) atoms. The number of nitrogens with two attached hydrogens (primary N) is 1. The average Bonchev–Trinajstić information content (AvgIpc) is 2.61. The van der Waals surface area contributed by atoms with E-state index < -0.39 is 5.60 Å². The molecule has 2 rings (SSSR count). The zero-order valence-electron chi connectivity index (χ0n) is 14.8. The van der Waals surface area contributed by atoms with E-state index in [-0.39, 0.29) is 5.41 Å². The zero-order chi connectivity index (χ0) is 15.7. The van der Waals surface area contributed by atoms with Gasteiger partial charge in [-0.2, -0.15) is 0 Å². The van der Waals surface area contributed by atoms with Crippen molar-refractivity contribution >= 4 is 0 Å². The summed E-state index contributed by atoms with van der Waals surface area (Å²) in [7, 11) is 0. The van der Waals surface area contributed by atoms with E-state index in [1.54, 1.807) is 0 Å². The van der Waals surface area contributed by atoms with Crippen molar-refractivity contribution in [3.63, 3.8) is 0 Å². The Balaban J connectivity index is 2.12. The van der Waals surface area contributed by atoms with Crippen molar-refractivity contribution in [1.29, 1.82) is 0 Å². The molecular weight excluding hydrogens is 258 g/mol. The summed E-state index contributed by atoms with van der Waals surface area (Å²) in [6, 6.07) is 0. The molecule has 2 heteroatoms. The lowest BCUT2D eigenvalue weighted by Gasteiger charge is -2.52. The van der Waals surface area contributed by atoms with Gasteiger partial charge in [-0.1, -0.05) is 40.5 Å². The van der Waals surface area contributed by atoms with Crippen LogP contribution in [0.2, 0.25) is 0 Å². The second-order valence-corrected chi connectivity index (χ2v) is 9.19. The van der Waals surface area contributed by atoms with Gasteiger partial charge in [-0.15, -0.1) is 0 Å². The average molecular weight is 296 g/mol. The lowest BCUT2D eigenvalue weighted by atomic mass is 9.56. The maximum atomic E-state index is 11.5. The van der Waals surface area contributed by atoms with Crippen LogP contribution in [0.15, 0.2) is 0 Å². The second kappa shape index (κ2) is 6.20. The first-order valence-corrected chi connectivity index (χ1v) is 9.15. The van der Waals surface area contributed by atoms with E-state index in [0.717, 1.165) is 37.5 Å². The Morgan fingerprint density at radius 3 is 2.14 bits per heavy atom. The van der Waals surface area contributed by atoms with Crippen LogP contribution in [-0.4, -0.2) is 17.3 Å². The van der Waals surface area contributed by atoms with Gasteiger partial charge in [0.15, 0.2) is 0 Å². The summed E-state index contributed by atoms with van der Waals surface area (Å²) in [5.74, 6) is 1.55. The molecule has 0 aromatic carbocycles. The van der Waals surface area contributed by atoms with Crippen LogP contribution in [0.5, 0.6) is 0 Å². The lowest BCUT2D eigenvalue weighted by molar-refractivity contribution is -0.120. The molecule has 2 saturated carbocycles.